The summed E-state index contributed by atoms with van der Waals surface area (Å²) in [5.74, 6) is 0. The topological polar surface area (TPSA) is 47.3 Å². The van der Waals surface area contributed by atoms with E-state index in [0.29, 0.717) is 0 Å². The Bertz CT molecular complexity index is 301. The second kappa shape index (κ2) is 2.77. The van der Waals surface area contributed by atoms with Gasteiger partial charge in [-0.3, -0.25) is 0 Å². The zero-order valence-electron chi connectivity index (χ0n) is 6.53. The van der Waals surface area contributed by atoms with E-state index >= 15 is 0 Å². The van der Waals surface area contributed by atoms with Crippen molar-refractivity contribution >= 4 is 5.69 Å². The van der Waals surface area contributed by atoms with Crippen LogP contribution in [-0.2, 0) is 4.74 Å². The van der Waals surface area contributed by atoms with Gasteiger partial charge in [-0.25, -0.2) is 0 Å². The van der Waals surface area contributed by atoms with Gasteiger partial charge in [0.1, 0.15) is 6.26 Å². The Hall–Kier alpha value is -1.64. The van der Waals surface area contributed by atoms with Crippen LogP contribution >= 0.6 is 0 Å². The van der Waals surface area contributed by atoms with Crippen molar-refractivity contribution in [2.75, 3.05) is 5.73 Å². The standard InChI is InChI=1S/C9H10N2O/c10-8-4-2-1-3-7(8)9-11-5-6-12-9/h1-6,9,11H,10H2. The SMILES string of the molecule is Nc1ccccc1C1NC=CO1. The minimum atomic E-state index is -0.119. The van der Waals surface area contributed by atoms with Gasteiger partial charge in [0.25, 0.3) is 0 Å². The molecule has 0 aliphatic carbocycles. The van der Waals surface area contributed by atoms with E-state index in [1.807, 2.05) is 24.3 Å². The summed E-state index contributed by atoms with van der Waals surface area (Å²) in [5, 5.41) is 3.03. The largest absolute Gasteiger partial charge is 0.473 e. The monoisotopic (exact) mass is 162 g/mol. The van der Waals surface area contributed by atoms with Gasteiger partial charge in [-0.05, 0) is 6.07 Å². The quantitative estimate of drug-likeness (QED) is 0.613. The summed E-state index contributed by atoms with van der Waals surface area (Å²) in [5.41, 5.74) is 7.48. The second-order valence-electron chi connectivity index (χ2n) is 2.61. The third kappa shape index (κ3) is 1.09. The lowest BCUT2D eigenvalue weighted by molar-refractivity contribution is 0.155. The van der Waals surface area contributed by atoms with Gasteiger partial charge in [0.2, 0.25) is 0 Å². The Morgan fingerprint density at radius 3 is 2.83 bits per heavy atom. The van der Waals surface area contributed by atoms with Gasteiger partial charge in [0.15, 0.2) is 6.23 Å². The molecule has 1 aromatic rings. The summed E-state index contributed by atoms with van der Waals surface area (Å²) in [6, 6.07) is 7.65. The minimum Gasteiger partial charge on any atom is -0.473 e. The first kappa shape index (κ1) is 7.03. The molecule has 1 aliphatic rings. The fourth-order valence-electron chi connectivity index (χ4n) is 1.20. The number of rotatable bonds is 1. The Morgan fingerprint density at radius 2 is 2.17 bits per heavy atom. The van der Waals surface area contributed by atoms with Crippen LogP contribution in [0.3, 0.4) is 0 Å². The van der Waals surface area contributed by atoms with E-state index in [1.54, 1.807) is 12.5 Å². The lowest BCUT2D eigenvalue weighted by atomic mass is 10.1. The summed E-state index contributed by atoms with van der Waals surface area (Å²) in [6.45, 7) is 0. The lowest BCUT2D eigenvalue weighted by Crippen LogP contribution is -2.12. The first-order valence-electron chi connectivity index (χ1n) is 3.79. The molecule has 62 valence electrons. The molecule has 1 heterocycles. The molecule has 0 saturated heterocycles. The predicted octanol–water partition coefficient (Wildman–Crippen LogP) is 1.36. The maximum Gasteiger partial charge on any atom is 0.197 e. The first-order valence-corrected chi connectivity index (χ1v) is 3.79. The maximum atomic E-state index is 5.75. The number of hydrogen-bond acceptors (Lipinski definition) is 3. The van der Waals surface area contributed by atoms with Gasteiger partial charge in [0.05, 0.1) is 0 Å². The molecule has 1 unspecified atom stereocenters. The molecule has 12 heavy (non-hydrogen) atoms. The Morgan fingerprint density at radius 1 is 1.33 bits per heavy atom. The average molecular weight is 162 g/mol. The van der Waals surface area contributed by atoms with Crippen LogP contribution in [0.15, 0.2) is 36.7 Å². The molecule has 3 N–H and O–H groups in total. The van der Waals surface area contributed by atoms with Crippen LogP contribution in [0, 0.1) is 0 Å². The molecule has 0 amide bonds. The molecule has 3 heteroatoms. The Labute approximate surface area is 70.8 Å². The molecule has 2 rings (SSSR count). The van der Waals surface area contributed by atoms with E-state index in [9.17, 15) is 0 Å². The molecule has 0 bridgehead atoms. The van der Waals surface area contributed by atoms with Gasteiger partial charge >= 0.3 is 0 Å². The second-order valence-corrected chi connectivity index (χ2v) is 2.61. The highest BCUT2D eigenvalue weighted by Crippen LogP contribution is 2.23. The zero-order valence-corrected chi connectivity index (χ0v) is 6.53. The fraction of sp³-hybridized carbons (Fsp3) is 0.111. The van der Waals surface area contributed by atoms with Crippen LogP contribution in [0.2, 0.25) is 0 Å². The summed E-state index contributed by atoms with van der Waals surface area (Å²) >= 11 is 0. The van der Waals surface area contributed by atoms with Crippen molar-refractivity contribution in [1.82, 2.24) is 5.32 Å². The van der Waals surface area contributed by atoms with Gasteiger partial charge in [-0.1, -0.05) is 18.2 Å². The molecule has 1 aliphatic heterocycles. The number of para-hydroxylation sites is 1. The predicted molar refractivity (Wildman–Crippen MR) is 47.0 cm³/mol. The van der Waals surface area contributed by atoms with Crippen LogP contribution in [0.1, 0.15) is 11.8 Å². The molecule has 0 saturated carbocycles. The van der Waals surface area contributed by atoms with Crippen molar-refractivity contribution in [3.8, 4) is 0 Å². The molecular formula is C9H10N2O. The third-order valence-corrected chi connectivity index (χ3v) is 1.81. The highest BCUT2D eigenvalue weighted by Gasteiger charge is 2.14. The van der Waals surface area contributed by atoms with Crippen molar-refractivity contribution in [1.29, 1.82) is 0 Å². The van der Waals surface area contributed by atoms with E-state index in [4.69, 9.17) is 10.5 Å². The molecular weight excluding hydrogens is 152 g/mol. The minimum absolute atomic E-state index is 0.119. The highest BCUT2D eigenvalue weighted by molar-refractivity contribution is 5.47. The van der Waals surface area contributed by atoms with Crippen LogP contribution in [0.25, 0.3) is 0 Å². The smallest absolute Gasteiger partial charge is 0.197 e. The summed E-state index contributed by atoms with van der Waals surface area (Å²) in [6.07, 6.45) is 3.26. The molecule has 1 aromatic carbocycles. The summed E-state index contributed by atoms with van der Waals surface area (Å²) in [7, 11) is 0. The fourth-order valence-corrected chi connectivity index (χ4v) is 1.20. The highest BCUT2D eigenvalue weighted by atomic mass is 16.5. The van der Waals surface area contributed by atoms with Crippen molar-refractivity contribution in [2.45, 2.75) is 6.23 Å². The lowest BCUT2D eigenvalue weighted by Gasteiger charge is -2.13. The summed E-state index contributed by atoms with van der Waals surface area (Å²) in [4.78, 5) is 0. The van der Waals surface area contributed by atoms with Gasteiger partial charge in [0, 0.05) is 17.5 Å². The normalized spacial score (nSPS) is 20.2. The van der Waals surface area contributed by atoms with Gasteiger partial charge in [-0.2, -0.15) is 0 Å². The molecule has 3 nitrogen and oxygen atoms in total. The number of nitrogens with one attached hydrogen (secondary N) is 1. The van der Waals surface area contributed by atoms with Gasteiger partial charge < -0.3 is 15.8 Å². The van der Waals surface area contributed by atoms with E-state index in [-0.39, 0.29) is 6.23 Å². The average Bonchev–Trinajstić information content (AvgIpc) is 2.57. The number of nitrogen functional groups attached to an aromatic ring is 1. The number of anilines is 1. The van der Waals surface area contributed by atoms with Crippen molar-refractivity contribution in [3.63, 3.8) is 0 Å². The van der Waals surface area contributed by atoms with Gasteiger partial charge in [-0.15, -0.1) is 0 Å². The van der Waals surface area contributed by atoms with E-state index in [2.05, 4.69) is 5.32 Å². The maximum absolute atomic E-state index is 5.75. The number of ether oxygens (including phenoxy) is 1. The Kier molecular flexibility index (Phi) is 1.63. The number of benzene rings is 1. The van der Waals surface area contributed by atoms with E-state index in [1.165, 1.54) is 0 Å². The molecule has 1 atom stereocenters. The molecule has 0 spiro atoms. The van der Waals surface area contributed by atoms with Crippen LogP contribution < -0.4 is 11.1 Å². The third-order valence-electron chi connectivity index (χ3n) is 1.81. The number of nitrogens with two attached hydrogens (primary N) is 1. The van der Waals surface area contributed by atoms with Crippen LogP contribution in [0.4, 0.5) is 5.69 Å². The van der Waals surface area contributed by atoms with E-state index in [0.717, 1.165) is 11.3 Å². The molecule has 0 aromatic heterocycles. The zero-order chi connectivity index (χ0) is 8.39. The Balaban J connectivity index is 2.27. The number of hydrogen-bond donors (Lipinski definition) is 2. The first-order chi connectivity index (χ1) is 5.88. The van der Waals surface area contributed by atoms with Crippen LogP contribution in [0.5, 0.6) is 0 Å². The molecule has 0 radical (unpaired) electrons. The van der Waals surface area contributed by atoms with Crippen LogP contribution in [-0.4, -0.2) is 0 Å². The summed E-state index contributed by atoms with van der Waals surface area (Å²) < 4.78 is 5.25. The van der Waals surface area contributed by atoms with E-state index < -0.39 is 0 Å². The van der Waals surface area contributed by atoms with Crippen molar-refractivity contribution in [2.24, 2.45) is 0 Å². The van der Waals surface area contributed by atoms with Crippen molar-refractivity contribution < 1.29 is 4.74 Å². The van der Waals surface area contributed by atoms with Crippen molar-refractivity contribution in [3.05, 3.63) is 42.3 Å². The molecule has 0 fully saturated rings.